The fourth-order valence-corrected chi connectivity index (χ4v) is 2.41. The van der Waals surface area contributed by atoms with Gasteiger partial charge in [-0.05, 0) is 24.6 Å². The van der Waals surface area contributed by atoms with Gasteiger partial charge in [0.2, 0.25) is 0 Å². The van der Waals surface area contributed by atoms with E-state index in [0.717, 1.165) is 11.3 Å². The first-order valence-corrected chi connectivity index (χ1v) is 7.12. The van der Waals surface area contributed by atoms with Crippen molar-refractivity contribution in [3.05, 3.63) is 29.8 Å². The molecule has 2 atom stereocenters. The van der Waals surface area contributed by atoms with Gasteiger partial charge in [-0.2, -0.15) is 0 Å². The van der Waals surface area contributed by atoms with Crippen LogP contribution >= 0.6 is 12.2 Å². The van der Waals surface area contributed by atoms with Crippen LogP contribution in [-0.4, -0.2) is 36.4 Å². The van der Waals surface area contributed by atoms with E-state index < -0.39 is 6.23 Å². The number of benzene rings is 1. The maximum atomic E-state index is 11.8. The summed E-state index contributed by atoms with van der Waals surface area (Å²) in [6.07, 6.45) is -0.561. The number of ether oxygens (including phenoxy) is 2. The molecule has 0 amide bonds. The predicted molar refractivity (Wildman–Crippen MR) is 85.0 cm³/mol. The predicted octanol–water partition coefficient (Wildman–Crippen LogP) is 2.06. The summed E-state index contributed by atoms with van der Waals surface area (Å²) in [6.45, 7) is 3.81. The normalized spacial score (nSPS) is 21.5. The second-order valence-electron chi connectivity index (χ2n) is 4.59. The molecule has 1 N–H and O–H groups in total. The standard InChI is InChI=1S/C15H18N2O3S/c1-4-20-14-12(9(2)18)16-13(15(21)17-14)10-5-7-11(19-3)8-6-10/h5-8,13-14H,4H2,1-3H3,(H,17,21). The summed E-state index contributed by atoms with van der Waals surface area (Å²) in [7, 11) is 1.61. The smallest absolute Gasteiger partial charge is 0.178 e. The van der Waals surface area contributed by atoms with E-state index in [0.29, 0.717) is 17.3 Å². The molecule has 1 aromatic carbocycles. The lowest BCUT2D eigenvalue weighted by molar-refractivity contribution is -0.111. The number of nitrogens with zero attached hydrogens (tertiary/aromatic N) is 1. The highest BCUT2D eigenvalue weighted by Gasteiger charge is 2.31. The van der Waals surface area contributed by atoms with Crippen LogP contribution in [0.5, 0.6) is 5.75 Å². The Labute approximate surface area is 129 Å². The average Bonchev–Trinajstić information content (AvgIpc) is 2.47. The summed E-state index contributed by atoms with van der Waals surface area (Å²) < 4.78 is 10.6. The number of hydrogen-bond donors (Lipinski definition) is 1. The summed E-state index contributed by atoms with van der Waals surface area (Å²) in [5.41, 5.74) is 1.27. The maximum absolute atomic E-state index is 11.8. The van der Waals surface area contributed by atoms with Crippen LogP contribution in [0.2, 0.25) is 0 Å². The molecule has 0 aliphatic carbocycles. The fourth-order valence-electron chi connectivity index (χ4n) is 2.12. The minimum absolute atomic E-state index is 0.123. The van der Waals surface area contributed by atoms with Gasteiger partial charge in [0.1, 0.15) is 22.5 Å². The summed E-state index contributed by atoms with van der Waals surface area (Å²) >= 11 is 5.36. The number of rotatable bonds is 5. The number of methoxy groups -OCH3 is 1. The van der Waals surface area contributed by atoms with Crippen LogP contribution in [0.25, 0.3) is 0 Å². The number of Topliss-reactive ketones (excluding diaryl/α,β-unsaturated/α-hetero) is 1. The Bertz CT molecular complexity index is 569. The van der Waals surface area contributed by atoms with Crippen LogP contribution in [0.4, 0.5) is 0 Å². The van der Waals surface area contributed by atoms with Gasteiger partial charge in [0.25, 0.3) is 0 Å². The van der Waals surface area contributed by atoms with Crippen molar-refractivity contribution in [3.8, 4) is 5.75 Å². The number of nitrogens with one attached hydrogen (secondary N) is 1. The lowest BCUT2D eigenvalue weighted by Crippen LogP contribution is -2.50. The molecule has 2 unspecified atom stereocenters. The molecule has 0 spiro atoms. The average molecular weight is 306 g/mol. The Hall–Kier alpha value is -1.79. The van der Waals surface area contributed by atoms with Crippen LogP contribution in [-0.2, 0) is 9.53 Å². The summed E-state index contributed by atoms with van der Waals surface area (Å²) in [6, 6.07) is 7.09. The molecule has 0 saturated carbocycles. The van der Waals surface area contributed by atoms with E-state index in [9.17, 15) is 4.79 Å². The first-order chi connectivity index (χ1) is 10.1. The quantitative estimate of drug-likeness (QED) is 0.844. The first-order valence-electron chi connectivity index (χ1n) is 6.71. The van der Waals surface area contributed by atoms with Crippen LogP contribution in [0.15, 0.2) is 29.3 Å². The highest BCUT2D eigenvalue weighted by Crippen LogP contribution is 2.25. The van der Waals surface area contributed by atoms with Gasteiger partial charge >= 0.3 is 0 Å². The molecule has 0 saturated heterocycles. The molecule has 0 bridgehead atoms. The number of carbonyl (C=O) groups is 1. The third-order valence-corrected chi connectivity index (χ3v) is 3.50. The lowest BCUT2D eigenvalue weighted by Gasteiger charge is -2.29. The largest absolute Gasteiger partial charge is 0.497 e. The van der Waals surface area contributed by atoms with Gasteiger partial charge in [0.05, 0.1) is 7.11 Å². The highest BCUT2D eigenvalue weighted by molar-refractivity contribution is 7.80. The van der Waals surface area contributed by atoms with Gasteiger partial charge in [-0.3, -0.25) is 9.79 Å². The lowest BCUT2D eigenvalue weighted by atomic mass is 10.0. The zero-order valence-corrected chi connectivity index (χ0v) is 13.1. The Kier molecular flexibility index (Phi) is 5.03. The number of aliphatic imine (C=N–C) groups is 1. The highest BCUT2D eigenvalue weighted by atomic mass is 32.1. The van der Waals surface area contributed by atoms with Crippen molar-refractivity contribution in [2.75, 3.05) is 13.7 Å². The monoisotopic (exact) mass is 306 g/mol. The molecule has 112 valence electrons. The van der Waals surface area contributed by atoms with Crippen molar-refractivity contribution in [1.82, 2.24) is 5.32 Å². The van der Waals surface area contributed by atoms with E-state index in [1.54, 1.807) is 7.11 Å². The third-order valence-electron chi connectivity index (χ3n) is 3.16. The van der Waals surface area contributed by atoms with Crippen LogP contribution < -0.4 is 10.1 Å². The molecule has 2 rings (SSSR count). The van der Waals surface area contributed by atoms with Crippen molar-refractivity contribution in [2.45, 2.75) is 26.1 Å². The van der Waals surface area contributed by atoms with E-state index in [4.69, 9.17) is 21.7 Å². The van der Waals surface area contributed by atoms with Crippen LogP contribution in [0.1, 0.15) is 25.5 Å². The van der Waals surface area contributed by atoms with Crippen molar-refractivity contribution in [1.29, 1.82) is 0 Å². The first kappa shape index (κ1) is 15.6. The van der Waals surface area contributed by atoms with Crippen LogP contribution in [0, 0.1) is 0 Å². The second-order valence-corrected chi connectivity index (χ2v) is 5.03. The molecule has 1 aliphatic rings. The number of carbonyl (C=O) groups excluding carboxylic acids is 1. The Morgan fingerprint density at radius 3 is 2.57 bits per heavy atom. The third kappa shape index (κ3) is 3.46. The van der Waals surface area contributed by atoms with Gasteiger partial charge in [-0.15, -0.1) is 0 Å². The van der Waals surface area contributed by atoms with Gasteiger partial charge in [0, 0.05) is 13.5 Å². The molecule has 0 radical (unpaired) electrons. The van der Waals surface area contributed by atoms with E-state index in [1.807, 2.05) is 31.2 Å². The Morgan fingerprint density at radius 1 is 1.38 bits per heavy atom. The van der Waals surface area contributed by atoms with E-state index in [1.165, 1.54) is 6.92 Å². The van der Waals surface area contributed by atoms with Crippen LogP contribution in [0.3, 0.4) is 0 Å². The summed E-state index contributed by atoms with van der Waals surface area (Å²) in [5.74, 6) is 0.637. The molecule has 1 heterocycles. The summed E-state index contributed by atoms with van der Waals surface area (Å²) in [4.78, 5) is 16.8. The van der Waals surface area contributed by atoms with Crippen molar-refractivity contribution in [3.63, 3.8) is 0 Å². The number of ketones is 1. The fraction of sp³-hybridized carbons (Fsp3) is 0.400. The molecule has 5 nitrogen and oxygen atoms in total. The SMILES string of the molecule is CCOC1NC(=S)C(c2ccc(OC)cc2)N=C1C(C)=O. The molecular weight excluding hydrogens is 288 g/mol. The minimum atomic E-state index is -0.561. The number of thiocarbonyl (C=S) groups is 1. The second kappa shape index (κ2) is 6.78. The Morgan fingerprint density at radius 2 is 2.05 bits per heavy atom. The molecule has 0 fully saturated rings. The van der Waals surface area contributed by atoms with Gasteiger partial charge in [0.15, 0.2) is 12.0 Å². The van der Waals surface area contributed by atoms with Gasteiger partial charge < -0.3 is 14.8 Å². The molecule has 1 aliphatic heterocycles. The molecule has 21 heavy (non-hydrogen) atoms. The van der Waals surface area contributed by atoms with E-state index in [-0.39, 0.29) is 11.8 Å². The zero-order chi connectivity index (χ0) is 15.4. The number of hydrogen-bond acceptors (Lipinski definition) is 5. The minimum Gasteiger partial charge on any atom is -0.497 e. The van der Waals surface area contributed by atoms with Crippen molar-refractivity contribution in [2.24, 2.45) is 4.99 Å². The maximum Gasteiger partial charge on any atom is 0.178 e. The van der Waals surface area contributed by atoms with Crippen molar-refractivity contribution < 1.29 is 14.3 Å². The zero-order valence-electron chi connectivity index (χ0n) is 12.3. The topological polar surface area (TPSA) is 59.9 Å². The van der Waals surface area contributed by atoms with Gasteiger partial charge in [-0.25, -0.2) is 0 Å². The summed E-state index contributed by atoms with van der Waals surface area (Å²) in [5, 5.41) is 3.05. The van der Waals surface area contributed by atoms with E-state index >= 15 is 0 Å². The molecule has 6 heteroatoms. The molecule has 0 aromatic heterocycles. The Balaban J connectivity index is 2.33. The van der Waals surface area contributed by atoms with Gasteiger partial charge in [-0.1, -0.05) is 24.4 Å². The van der Waals surface area contributed by atoms with E-state index in [2.05, 4.69) is 10.3 Å². The van der Waals surface area contributed by atoms with Crippen molar-refractivity contribution >= 4 is 28.7 Å². The molecule has 1 aromatic rings. The molecular formula is C15H18N2O3S.